The molecule has 0 N–H and O–H groups in total. The van der Waals surface area contributed by atoms with Crippen LogP contribution in [0, 0.1) is 5.92 Å². The van der Waals surface area contributed by atoms with E-state index in [1.54, 1.807) is 0 Å². The molecule has 130 valence electrons. The lowest BCUT2D eigenvalue weighted by atomic mass is 9.80. The van der Waals surface area contributed by atoms with Crippen molar-refractivity contribution >= 4 is 11.8 Å². The molecule has 2 aromatic rings. The molecule has 0 spiro atoms. The number of hydrogen-bond acceptors (Lipinski definition) is 3. The number of rotatable bonds is 3. The summed E-state index contributed by atoms with van der Waals surface area (Å²) in [6.07, 6.45) is 0.369. The SMILES string of the molecule is CC(C)(C)OC(=O)[C@@H]1C(=O)C[C@@H](c2ccccc2)[C@@H]1c1ccccc1. The standard InChI is InChI=1S/C22H24O3/c1-22(2,3)25-21(24)20-18(23)14-17(15-10-6-4-7-11-15)19(20)16-12-8-5-9-13-16/h4-13,17,19-20H,14H2,1-3H3/t17-,19-,20+/m0/s1. The number of carbonyl (C=O) groups excluding carboxylic acids is 2. The van der Waals surface area contributed by atoms with E-state index in [0.717, 1.165) is 11.1 Å². The van der Waals surface area contributed by atoms with Gasteiger partial charge in [-0.25, -0.2) is 0 Å². The monoisotopic (exact) mass is 336 g/mol. The molecule has 25 heavy (non-hydrogen) atoms. The van der Waals surface area contributed by atoms with Crippen LogP contribution in [0.2, 0.25) is 0 Å². The first-order valence-corrected chi connectivity index (χ1v) is 8.72. The molecule has 1 aliphatic rings. The van der Waals surface area contributed by atoms with Gasteiger partial charge in [-0.1, -0.05) is 60.7 Å². The van der Waals surface area contributed by atoms with Gasteiger partial charge in [0.05, 0.1) is 0 Å². The second kappa shape index (κ2) is 6.83. The van der Waals surface area contributed by atoms with E-state index in [9.17, 15) is 9.59 Å². The lowest BCUT2D eigenvalue weighted by Gasteiger charge is -2.27. The predicted molar refractivity (Wildman–Crippen MR) is 97.3 cm³/mol. The van der Waals surface area contributed by atoms with Crippen molar-refractivity contribution in [3.63, 3.8) is 0 Å². The van der Waals surface area contributed by atoms with Crippen LogP contribution in [0.3, 0.4) is 0 Å². The minimum Gasteiger partial charge on any atom is -0.459 e. The Morgan fingerprint density at radius 1 is 0.920 bits per heavy atom. The van der Waals surface area contributed by atoms with E-state index in [0.29, 0.717) is 6.42 Å². The summed E-state index contributed by atoms with van der Waals surface area (Å²) in [7, 11) is 0. The number of esters is 1. The van der Waals surface area contributed by atoms with Gasteiger partial charge in [0.25, 0.3) is 0 Å². The highest BCUT2D eigenvalue weighted by Gasteiger charge is 2.49. The van der Waals surface area contributed by atoms with E-state index < -0.39 is 17.5 Å². The van der Waals surface area contributed by atoms with Crippen molar-refractivity contribution in [2.24, 2.45) is 5.92 Å². The summed E-state index contributed by atoms with van der Waals surface area (Å²) in [6.45, 7) is 5.49. The molecule has 0 aromatic heterocycles. The molecule has 0 unspecified atom stereocenters. The van der Waals surface area contributed by atoms with Crippen molar-refractivity contribution in [3.8, 4) is 0 Å². The Hall–Kier alpha value is -2.42. The maximum Gasteiger partial charge on any atom is 0.317 e. The summed E-state index contributed by atoms with van der Waals surface area (Å²) in [5, 5.41) is 0. The van der Waals surface area contributed by atoms with Crippen molar-refractivity contribution in [2.75, 3.05) is 0 Å². The average Bonchev–Trinajstić information content (AvgIpc) is 2.92. The molecule has 1 saturated carbocycles. The summed E-state index contributed by atoms with van der Waals surface area (Å²) in [4.78, 5) is 25.6. The van der Waals surface area contributed by atoms with Crippen molar-refractivity contribution in [1.82, 2.24) is 0 Å². The van der Waals surface area contributed by atoms with Crippen molar-refractivity contribution in [1.29, 1.82) is 0 Å². The zero-order chi connectivity index (χ0) is 18.0. The molecular weight excluding hydrogens is 312 g/mol. The molecule has 0 amide bonds. The summed E-state index contributed by atoms with van der Waals surface area (Å²) in [5.41, 5.74) is 1.50. The summed E-state index contributed by atoms with van der Waals surface area (Å²) in [5.74, 6) is -1.38. The van der Waals surface area contributed by atoms with Gasteiger partial charge in [0, 0.05) is 12.3 Å². The number of ether oxygens (including phenoxy) is 1. The number of hydrogen-bond donors (Lipinski definition) is 0. The molecule has 3 atom stereocenters. The van der Waals surface area contributed by atoms with Gasteiger partial charge in [-0.2, -0.15) is 0 Å². The van der Waals surface area contributed by atoms with Crippen LogP contribution in [-0.4, -0.2) is 17.4 Å². The van der Waals surface area contributed by atoms with E-state index in [-0.39, 0.29) is 17.6 Å². The van der Waals surface area contributed by atoms with Crippen LogP contribution in [-0.2, 0) is 14.3 Å². The van der Waals surface area contributed by atoms with Crippen LogP contribution in [0.4, 0.5) is 0 Å². The first-order chi connectivity index (χ1) is 11.9. The summed E-state index contributed by atoms with van der Waals surface area (Å²) < 4.78 is 5.57. The average molecular weight is 336 g/mol. The Morgan fingerprint density at radius 2 is 1.44 bits per heavy atom. The molecule has 3 rings (SSSR count). The van der Waals surface area contributed by atoms with Crippen molar-refractivity contribution in [3.05, 3.63) is 71.8 Å². The van der Waals surface area contributed by atoms with E-state index in [1.165, 1.54) is 0 Å². The minimum atomic E-state index is -0.744. The van der Waals surface area contributed by atoms with Crippen LogP contribution >= 0.6 is 0 Å². The predicted octanol–water partition coefficient (Wildman–Crippen LogP) is 4.48. The highest BCUT2D eigenvalue weighted by molar-refractivity contribution is 6.02. The van der Waals surface area contributed by atoms with Gasteiger partial charge in [0.15, 0.2) is 0 Å². The number of ketones is 1. The zero-order valence-corrected chi connectivity index (χ0v) is 14.9. The molecule has 3 heteroatoms. The quantitative estimate of drug-likeness (QED) is 0.613. The molecule has 2 aromatic carbocycles. The Morgan fingerprint density at radius 3 is 1.96 bits per heavy atom. The first-order valence-electron chi connectivity index (χ1n) is 8.72. The van der Waals surface area contributed by atoms with Gasteiger partial charge < -0.3 is 4.74 Å². The summed E-state index contributed by atoms with van der Waals surface area (Å²) >= 11 is 0. The van der Waals surface area contributed by atoms with Gasteiger partial charge in [-0.05, 0) is 37.8 Å². The normalized spacial score (nSPS) is 23.5. The van der Waals surface area contributed by atoms with Gasteiger partial charge >= 0.3 is 5.97 Å². The van der Waals surface area contributed by atoms with Crippen LogP contribution in [0.15, 0.2) is 60.7 Å². The molecular formula is C22H24O3. The first kappa shape index (κ1) is 17.4. The second-order valence-electron chi connectivity index (χ2n) is 7.64. The fraction of sp³-hybridized carbons (Fsp3) is 0.364. The highest BCUT2D eigenvalue weighted by Crippen LogP contribution is 2.48. The second-order valence-corrected chi connectivity index (χ2v) is 7.64. The van der Waals surface area contributed by atoms with Crippen molar-refractivity contribution < 1.29 is 14.3 Å². The van der Waals surface area contributed by atoms with E-state index in [1.807, 2.05) is 81.4 Å². The number of Topliss-reactive ketones (excluding diaryl/α,β-unsaturated/α-hetero) is 1. The molecule has 1 fully saturated rings. The number of benzene rings is 2. The Balaban J connectivity index is 2.01. The zero-order valence-electron chi connectivity index (χ0n) is 14.9. The van der Waals surface area contributed by atoms with Crippen LogP contribution in [0.1, 0.15) is 50.2 Å². The lowest BCUT2D eigenvalue weighted by molar-refractivity contribution is -0.161. The van der Waals surface area contributed by atoms with Crippen LogP contribution < -0.4 is 0 Å². The van der Waals surface area contributed by atoms with E-state index in [2.05, 4.69) is 0 Å². The minimum absolute atomic E-state index is 0.00591. The van der Waals surface area contributed by atoms with Gasteiger partial charge in [0.2, 0.25) is 0 Å². The largest absolute Gasteiger partial charge is 0.459 e. The molecule has 3 nitrogen and oxygen atoms in total. The third-order valence-corrected chi connectivity index (χ3v) is 4.63. The van der Waals surface area contributed by atoms with Crippen LogP contribution in [0.25, 0.3) is 0 Å². The maximum atomic E-state index is 12.8. The topological polar surface area (TPSA) is 43.4 Å². The van der Waals surface area contributed by atoms with E-state index >= 15 is 0 Å². The molecule has 0 bridgehead atoms. The van der Waals surface area contributed by atoms with Gasteiger partial charge in [-0.15, -0.1) is 0 Å². The third kappa shape index (κ3) is 3.81. The smallest absolute Gasteiger partial charge is 0.317 e. The Kier molecular flexibility index (Phi) is 4.76. The van der Waals surface area contributed by atoms with Gasteiger partial charge in [0.1, 0.15) is 17.3 Å². The lowest BCUT2D eigenvalue weighted by Crippen LogP contribution is -2.33. The molecule has 0 aliphatic heterocycles. The van der Waals surface area contributed by atoms with Gasteiger partial charge in [-0.3, -0.25) is 9.59 Å². The third-order valence-electron chi connectivity index (χ3n) is 4.63. The fourth-order valence-electron chi connectivity index (χ4n) is 3.67. The molecule has 0 saturated heterocycles. The maximum absolute atomic E-state index is 12.8. The molecule has 1 aliphatic carbocycles. The van der Waals surface area contributed by atoms with Crippen molar-refractivity contribution in [2.45, 2.75) is 44.6 Å². The Labute approximate surface area is 149 Å². The fourth-order valence-corrected chi connectivity index (χ4v) is 3.67. The number of carbonyl (C=O) groups is 2. The molecule has 0 radical (unpaired) electrons. The highest BCUT2D eigenvalue weighted by atomic mass is 16.6. The summed E-state index contributed by atoms with van der Waals surface area (Å²) in [6, 6.07) is 19.8. The van der Waals surface area contributed by atoms with Crippen LogP contribution in [0.5, 0.6) is 0 Å². The Bertz CT molecular complexity index is 744. The van der Waals surface area contributed by atoms with E-state index in [4.69, 9.17) is 4.74 Å². The molecule has 0 heterocycles.